The van der Waals surface area contributed by atoms with Crippen LogP contribution in [0.4, 0.5) is 0 Å². The molecule has 526 valence electrons. The van der Waals surface area contributed by atoms with Gasteiger partial charge in [-0.25, -0.2) is 49.8 Å². The molecule has 0 radical (unpaired) electrons. The lowest BCUT2D eigenvalue weighted by atomic mass is 9.85. The van der Waals surface area contributed by atoms with Crippen LogP contribution in [0.25, 0.3) is 191 Å². The van der Waals surface area contributed by atoms with Crippen molar-refractivity contribution in [3.63, 3.8) is 0 Å². The first kappa shape index (κ1) is 66.7. The van der Waals surface area contributed by atoms with Gasteiger partial charge in [0.15, 0.2) is 46.6 Å². The van der Waals surface area contributed by atoms with Crippen molar-refractivity contribution in [2.24, 2.45) is 0 Å². The molecule has 2 atom stereocenters. The molecule has 0 N–H and O–H groups in total. The number of benzene rings is 12. The lowest BCUT2D eigenvalue weighted by Crippen LogP contribution is -2.14. The Hall–Kier alpha value is -13.5. The smallest absolute Gasteiger partial charge is 0.165 e. The van der Waals surface area contributed by atoms with Crippen LogP contribution in [-0.2, 0) is 0 Å². The molecule has 1 aliphatic heterocycles. The Kier molecular flexibility index (Phi) is 16.8. The third kappa shape index (κ3) is 12.2. The molecule has 0 saturated heterocycles. The van der Waals surface area contributed by atoms with Gasteiger partial charge in [-0.05, 0) is 87.5 Å². The highest BCUT2D eigenvalue weighted by molar-refractivity contribution is 8.00. The largest absolute Gasteiger partial charge is 0.227 e. The fourth-order valence-corrected chi connectivity index (χ4v) is 20.4. The third-order valence-corrected chi connectivity index (χ3v) is 25.8. The molecule has 0 spiro atoms. The number of nitrogens with zero attached hydrogens (tertiary/aromatic N) is 10. The summed E-state index contributed by atoms with van der Waals surface area (Å²) in [6.07, 6.45) is 15.1. The topological polar surface area (TPSA) is 129 Å². The van der Waals surface area contributed by atoms with E-state index >= 15 is 0 Å². The Bertz CT molecular complexity index is 7000. The van der Waals surface area contributed by atoms with Crippen molar-refractivity contribution in [3.05, 3.63) is 363 Å². The van der Waals surface area contributed by atoms with Gasteiger partial charge in [0.1, 0.15) is 0 Å². The van der Waals surface area contributed by atoms with Crippen LogP contribution in [0.5, 0.6) is 0 Å². The molecule has 2 aliphatic rings. The van der Waals surface area contributed by atoms with E-state index in [-0.39, 0.29) is 11.2 Å². The van der Waals surface area contributed by atoms with Gasteiger partial charge in [-0.1, -0.05) is 298 Å². The van der Waals surface area contributed by atoms with Crippen molar-refractivity contribution >= 4 is 113 Å². The van der Waals surface area contributed by atoms with E-state index in [1.807, 2.05) is 151 Å². The Labute approximate surface area is 660 Å². The molecule has 14 heteroatoms. The van der Waals surface area contributed by atoms with Crippen molar-refractivity contribution < 1.29 is 0 Å². The van der Waals surface area contributed by atoms with E-state index in [1.54, 1.807) is 34.0 Å². The lowest BCUT2D eigenvalue weighted by molar-refractivity contribution is 0.852. The molecular weight excluding hydrogens is 1450 g/mol. The maximum Gasteiger partial charge on any atom is 0.165 e. The first-order valence-electron chi connectivity index (χ1n) is 37.0. The second-order valence-electron chi connectivity index (χ2n) is 27.7. The zero-order valence-corrected chi connectivity index (χ0v) is 63.1. The summed E-state index contributed by atoms with van der Waals surface area (Å²) in [5.41, 5.74) is 20.0. The summed E-state index contributed by atoms with van der Waals surface area (Å²) in [5, 5.41) is 4.67. The zero-order valence-electron chi connectivity index (χ0n) is 59.8. The second kappa shape index (κ2) is 28.2. The summed E-state index contributed by atoms with van der Waals surface area (Å²) in [6, 6.07) is 103. The first-order valence-corrected chi connectivity index (χ1v) is 40.3. The highest BCUT2D eigenvalue weighted by Crippen LogP contribution is 2.53. The molecule has 0 bridgehead atoms. The average Bonchev–Trinajstić information content (AvgIpc) is 1.59. The predicted octanol–water partition coefficient (Wildman–Crippen LogP) is 26.0. The molecule has 112 heavy (non-hydrogen) atoms. The van der Waals surface area contributed by atoms with Gasteiger partial charge in [0, 0.05) is 106 Å². The van der Waals surface area contributed by atoms with Gasteiger partial charge < -0.3 is 0 Å². The predicted molar refractivity (Wildman–Crippen MR) is 466 cm³/mol. The van der Waals surface area contributed by atoms with Crippen LogP contribution in [0.2, 0.25) is 0 Å². The number of aromatic nitrogens is 10. The number of thiophene rings is 3. The molecule has 0 fully saturated rings. The van der Waals surface area contributed by atoms with Crippen molar-refractivity contribution in [2.75, 3.05) is 0 Å². The van der Waals surface area contributed by atoms with Gasteiger partial charge in [0.05, 0.1) is 31.8 Å². The molecule has 7 aromatic heterocycles. The van der Waals surface area contributed by atoms with E-state index < -0.39 is 0 Å². The second-order valence-corrected chi connectivity index (χ2v) is 32.1. The highest BCUT2D eigenvalue weighted by Gasteiger charge is 2.36. The standard InChI is InChI=1S/C98H60N10S4/c1-58(70-39-22-41-73-72-53-51-69(57-82(72)112-87(70)73)97-105-93(61-28-9-3-10-29-61)103-94(106-97)62-30-11-4-12-31-62)25-17-19-44-78-89-85(74-38-18-20-45-79(74)109-89)101-91(99-78)65-49-47-59(48-50-65)66-52-54-80-77(56-66)86-90(110-80)84(100-92(102-86)60-26-7-2-8-27-60)68-37-21-36-67(55-68)71-40-24-46-81-83(71)75-42-23-43-76(88(75)111-81)98-107-95(63-32-13-5-14-33-63)104-96(108-98)64-34-15-6-16-35-64/h2-57,73,87H,1H2/b25-17-,44-19+. The van der Waals surface area contributed by atoms with E-state index in [0.717, 1.165) is 140 Å². The van der Waals surface area contributed by atoms with Crippen molar-refractivity contribution in [3.8, 4) is 125 Å². The van der Waals surface area contributed by atoms with Crippen LogP contribution < -0.4 is 0 Å². The summed E-state index contributed by atoms with van der Waals surface area (Å²) in [4.78, 5) is 53.1. The van der Waals surface area contributed by atoms with E-state index in [0.29, 0.717) is 46.6 Å². The summed E-state index contributed by atoms with van der Waals surface area (Å²) in [6.45, 7) is 4.65. The minimum atomic E-state index is 0.162. The number of fused-ring (bicyclic) bond motifs is 12. The Morgan fingerprint density at radius 3 is 1.48 bits per heavy atom. The van der Waals surface area contributed by atoms with E-state index in [1.165, 1.54) is 26.1 Å². The SMILES string of the molecule is C=C(/C=C\C=C\c1nc(-c2ccc(-c3ccc4sc5c(-c6cccc(-c7cccc8sc9c(-c%10nc(-c%11ccccc%11)nc(-c%11ccccc%11)n%10)cccc9c78)c6)nc(-c6ccccc6)nc5c4c3)cc2)nc2c1sc1ccccc12)C1=CC=CC2c3ccc(-c4nc(-c5ccccc5)nc(-c5ccccc5)n4)cc3SC12. The maximum absolute atomic E-state index is 5.47. The zero-order chi connectivity index (χ0) is 74.2. The average molecular weight is 1510 g/mol. The molecule has 8 heterocycles. The summed E-state index contributed by atoms with van der Waals surface area (Å²) >= 11 is 7.11. The number of hydrogen-bond donors (Lipinski definition) is 0. The monoisotopic (exact) mass is 1500 g/mol. The van der Waals surface area contributed by atoms with Crippen molar-refractivity contribution in [1.29, 1.82) is 0 Å². The number of thioether (sulfide) groups is 1. The molecular formula is C98H60N10S4. The fourth-order valence-electron chi connectivity index (χ4n) is 15.3. The van der Waals surface area contributed by atoms with Crippen LogP contribution >= 0.6 is 45.8 Å². The quantitative estimate of drug-likeness (QED) is 0.0910. The van der Waals surface area contributed by atoms with Crippen molar-refractivity contribution in [1.82, 2.24) is 49.8 Å². The molecule has 2 unspecified atom stereocenters. The maximum atomic E-state index is 5.47. The van der Waals surface area contributed by atoms with Crippen LogP contribution in [-0.4, -0.2) is 55.1 Å². The van der Waals surface area contributed by atoms with Crippen LogP contribution in [0.15, 0.2) is 356 Å². The van der Waals surface area contributed by atoms with Crippen LogP contribution in [0, 0.1) is 0 Å². The van der Waals surface area contributed by atoms with Crippen LogP contribution in [0.1, 0.15) is 17.2 Å². The first-order chi connectivity index (χ1) is 55.4. The summed E-state index contributed by atoms with van der Waals surface area (Å²) in [5.74, 6) is 5.36. The molecule has 0 saturated carbocycles. The van der Waals surface area contributed by atoms with Crippen LogP contribution in [0.3, 0.4) is 0 Å². The van der Waals surface area contributed by atoms with E-state index in [2.05, 4.69) is 207 Å². The summed E-state index contributed by atoms with van der Waals surface area (Å²) in [7, 11) is 0. The highest BCUT2D eigenvalue weighted by atomic mass is 32.2. The molecule has 10 nitrogen and oxygen atoms in total. The van der Waals surface area contributed by atoms with Gasteiger partial charge in [0.2, 0.25) is 0 Å². The normalized spacial score (nSPS) is 14.0. The third-order valence-electron chi connectivity index (χ3n) is 20.8. The Morgan fingerprint density at radius 1 is 0.330 bits per heavy atom. The minimum absolute atomic E-state index is 0.162. The number of allylic oxidation sites excluding steroid dienone is 7. The fraction of sp³-hybridized carbons (Fsp3) is 0.0204. The van der Waals surface area contributed by atoms with Gasteiger partial charge in [-0.15, -0.1) is 45.8 Å². The molecule has 0 amide bonds. The van der Waals surface area contributed by atoms with Crippen molar-refractivity contribution in [2.45, 2.75) is 16.1 Å². The molecule has 12 aromatic carbocycles. The lowest BCUT2D eigenvalue weighted by Gasteiger charge is -2.23. The Morgan fingerprint density at radius 2 is 0.812 bits per heavy atom. The number of hydrogen-bond acceptors (Lipinski definition) is 14. The van der Waals surface area contributed by atoms with E-state index in [4.69, 9.17) is 49.8 Å². The van der Waals surface area contributed by atoms with Gasteiger partial charge in [0.25, 0.3) is 0 Å². The molecule has 21 rings (SSSR count). The number of rotatable bonds is 15. The molecule has 1 aliphatic carbocycles. The van der Waals surface area contributed by atoms with E-state index in [9.17, 15) is 0 Å². The summed E-state index contributed by atoms with van der Waals surface area (Å²) < 4.78 is 6.66. The molecule has 19 aromatic rings. The Balaban J connectivity index is 0.571. The van der Waals surface area contributed by atoms with Gasteiger partial charge in [-0.3, -0.25) is 0 Å². The van der Waals surface area contributed by atoms with Gasteiger partial charge >= 0.3 is 0 Å². The minimum Gasteiger partial charge on any atom is -0.227 e. The van der Waals surface area contributed by atoms with Gasteiger partial charge in [-0.2, -0.15) is 0 Å².